The van der Waals surface area contributed by atoms with Gasteiger partial charge in [-0.1, -0.05) is 24.3 Å². The highest BCUT2D eigenvalue weighted by molar-refractivity contribution is 5.96. The molecule has 3 rings (SSSR count). The van der Waals surface area contributed by atoms with Gasteiger partial charge in [-0.2, -0.15) is 5.10 Å². The van der Waals surface area contributed by atoms with E-state index in [-0.39, 0.29) is 11.9 Å². The Hall–Kier alpha value is -2.10. The smallest absolute Gasteiger partial charge is 0.257 e. The lowest BCUT2D eigenvalue weighted by molar-refractivity contribution is 0.0713. The number of rotatable bonds is 2. The van der Waals surface area contributed by atoms with Crippen LogP contribution in [0.5, 0.6) is 0 Å². The number of carbonyl (C=O) groups is 1. The second kappa shape index (κ2) is 5.35. The molecule has 21 heavy (non-hydrogen) atoms. The average Bonchev–Trinajstić information content (AvgIpc) is 2.84. The first-order valence-electron chi connectivity index (χ1n) is 7.46. The van der Waals surface area contributed by atoms with E-state index in [0.29, 0.717) is 5.56 Å². The lowest BCUT2D eigenvalue weighted by Gasteiger charge is -2.33. The fraction of sp³-hybridized carbons (Fsp3) is 0.412. The summed E-state index contributed by atoms with van der Waals surface area (Å²) in [5.74, 6) is 0.0560. The summed E-state index contributed by atoms with van der Waals surface area (Å²) < 4.78 is 0. The van der Waals surface area contributed by atoms with Crippen molar-refractivity contribution < 1.29 is 4.79 Å². The second-order valence-corrected chi connectivity index (χ2v) is 5.83. The Balaban J connectivity index is 1.93. The summed E-state index contributed by atoms with van der Waals surface area (Å²) in [5, 5.41) is 7.03. The molecule has 0 spiro atoms. The molecule has 4 heteroatoms. The molecule has 0 fully saturated rings. The second-order valence-electron chi connectivity index (χ2n) is 5.83. The van der Waals surface area contributed by atoms with Crippen molar-refractivity contribution >= 4 is 5.91 Å². The van der Waals surface area contributed by atoms with Gasteiger partial charge >= 0.3 is 0 Å². The van der Waals surface area contributed by atoms with Crippen LogP contribution in [0.1, 0.15) is 51.8 Å². The van der Waals surface area contributed by atoms with Crippen molar-refractivity contribution in [3.05, 3.63) is 52.3 Å². The Labute approximate surface area is 125 Å². The van der Waals surface area contributed by atoms with Crippen LogP contribution in [-0.4, -0.2) is 28.1 Å². The van der Waals surface area contributed by atoms with E-state index in [2.05, 4.69) is 34.5 Å². The zero-order chi connectivity index (χ0) is 15.0. The van der Waals surface area contributed by atoms with Crippen LogP contribution in [0.15, 0.2) is 24.3 Å². The van der Waals surface area contributed by atoms with Crippen LogP contribution in [0.4, 0.5) is 0 Å². The number of carbonyl (C=O) groups excluding carboxylic acids is 1. The highest BCUT2D eigenvalue weighted by Crippen LogP contribution is 2.34. The molecule has 1 N–H and O–H groups in total. The Bertz CT molecular complexity index is 655. The summed E-state index contributed by atoms with van der Waals surface area (Å²) in [6.45, 7) is 3.77. The largest absolute Gasteiger partial charge is 0.335 e. The van der Waals surface area contributed by atoms with Gasteiger partial charge in [0.1, 0.15) is 0 Å². The molecule has 110 valence electrons. The summed E-state index contributed by atoms with van der Waals surface area (Å²) in [4.78, 5) is 14.7. The highest BCUT2D eigenvalue weighted by Gasteiger charge is 2.29. The molecular weight excluding hydrogens is 262 g/mol. The Morgan fingerprint density at radius 2 is 2.10 bits per heavy atom. The van der Waals surface area contributed by atoms with Gasteiger partial charge in [0.05, 0.1) is 17.3 Å². The molecule has 1 aromatic heterocycles. The van der Waals surface area contributed by atoms with E-state index >= 15 is 0 Å². The maximum absolute atomic E-state index is 12.8. The third-order valence-corrected chi connectivity index (χ3v) is 4.47. The van der Waals surface area contributed by atoms with Crippen LogP contribution >= 0.6 is 0 Å². The quantitative estimate of drug-likeness (QED) is 0.920. The van der Waals surface area contributed by atoms with Gasteiger partial charge in [-0.3, -0.25) is 9.89 Å². The van der Waals surface area contributed by atoms with Crippen LogP contribution < -0.4 is 0 Å². The lowest BCUT2D eigenvalue weighted by atomic mass is 9.87. The predicted molar refractivity (Wildman–Crippen MR) is 82.3 cm³/mol. The molecule has 0 bridgehead atoms. The van der Waals surface area contributed by atoms with Gasteiger partial charge in [0.15, 0.2) is 0 Å². The minimum atomic E-state index is 0.0560. The van der Waals surface area contributed by atoms with Gasteiger partial charge in [-0.25, -0.2) is 0 Å². The molecule has 0 aliphatic heterocycles. The number of hydrogen-bond donors (Lipinski definition) is 1. The van der Waals surface area contributed by atoms with E-state index in [4.69, 9.17) is 0 Å². The molecule has 1 aromatic carbocycles. The molecule has 1 atom stereocenters. The zero-order valence-electron chi connectivity index (χ0n) is 12.8. The summed E-state index contributed by atoms with van der Waals surface area (Å²) in [5.41, 5.74) is 4.98. The topological polar surface area (TPSA) is 49.0 Å². The molecule has 1 aliphatic rings. The van der Waals surface area contributed by atoms with Crippen LogP contribution in [0, 0.1) is 13.8 Å². The van der Waals surface area contributed by atoms with Gasteiger partial charge in [0.25, 0.3) is 5.91 Å². The number of amides is 1. The molecule has 0 saturated heterocycles. The third-order valence-electron chi connectivity index (χ3n) is 4.47. The first kappa shape index (κ1) is 13.9. The molecule has 1 heterocycles. The number of aryl methyl sites for hydroxylation is 3. The summed E-state index contributed by atoms with van der Waals surface area (Å²) in [6, 6.07) is 8.62. The molecule has 1 amide bonds. The predicted octanol–water partition coefficient (Wildman–Crippen LogP) is 3.18. The summed E-state index contributed by atoms with van der Waals surface area (Å²) in [6.07, 6.45) is 3.26. The summed E-state index contributed by atoms with van der Waals surface area (Å²) in [7, 11) is 1.90. The van der Waals surface area contributed by atoms with Crippen molar-refractivity contribution in [1.29, 1.82) is 0 Å². The van der Waals surface area contributed by atoms with Gasteiger partial charge in [0, 0.05) is 12.7 Å². The lowest BCUT2D eigenvalue weighted by Crippen LogP contribution is -2.33. The molecule has 2 aromatic rings. The first-order chi connectivity index (χ1) is 10.1. The van der Waals surface area contributed by atoms with E-state index < -0.39 is 0 Å². The minimum Gasteiger partial charge on any atom is -0.335 e. The summed E-state index contributed by atoms with van der Waals surface area (Å²) >= 11 is 0. The monoisotopic (exact) mass is 283 g/mol. The maximum Gasteiger partial charge on any atom is 0.257 e. The molecular formula is C17H21N3O. The Kier molecular flexibility index (Phi) is 3.53. The third kappa shape index (κ3) is 2.35. The van der Waals surface area contributed by atoms with E-state index in [1.807, 2.05) is 25.8 Å². The zero-order valence-corrected chi connectivity index (χ0v) is 12.8. The number of nitrogens with one attached hydrogen (secondary N) is 1. The van der Waals surface area contributed by atoms with Crippen molar-refractivity contribution in [1.82, 2.24) is 15.1 Å². The van der Waals surface area contributed by atoms with Crippen LogP contribution in [0.3, 0.4) is 0 Å². The van der Waals surface area contributed by atoms with Crippen molar-refractivity contribution in [2.45, 2.75) is 39.2 Å². The van der Waals surface area contributed by atoms with E-state index in [1.54, 1.807) is 0 Å². The van der Waals surface area contributed by atoms with Gasteiger partial charge in [-0.15, -0.1) is 0 Å². The number of nitrogens with zero attached hydrogens (tertiary/aromatic N) is 2. The minimum absolute atomic E-state index is 0.0560. The number of H-pyrrole nitrogens is 1. The molecule has 1 unspecified atom stereocenters. The SMILES string of the molecule is Cc1n[nH]c(C)c1C(=O)N(C)C1CCCc2ccccc21. The van der Waals surface area contributed by atoms with Crippen LogP contribution in [-0.2, 0) is 6.42 Å². The van der Waals surface area contributed by atoms with Crippen molar-refractivity contribution in [3.63, 3.8) is 0 Å². The van der Waals surface area contributed by atoms with Crippen molar-refractivity contribution in [2.24, 2.45) is 0 Å². The standard InChI is InChI=1S/C17H21N3O/c1-11-16(12(2)19-18-11)17(21)20(3)15-10-6-8-13-7-4-5-9-14(13)15/h4-5,7,9,15H,6,8,10H2,1-3H3,(H,18,19). The Morgan fingerprint density at radius 1 is 1.33 bits per heavy atom. The van der Waals surface area contributed by atoms with E-state index in [1.165, 1.54) is 11.1 Å². The van der Waals surface area contributed by atoms with Gasteiger partial charge < -0.3 is 4.90 Å². The Morgan fingerprint density at radius 3 is 2.81 bits per heavy atom. The van der Waals surface area contributed by atoms with Crippen LogP contribution in [0.25, 0.3) is 0 Å². The van der Waals surface area contributed by atoms with Crippen LogP contribution in [0.2, 0.25) is 0 Å². The van der Waals surface area contributed by atoms with Gasteiger partial charge in [0.2, 0.25) is 0 Å². The molecule has 0 saturated carbocycles. The fourth-order valence-electron chi connectivity index (χ4n) is 3.31. The highest BCUT2D eigenvalue weighted by atomic mass is 16.2. The van der Waals surface area contributed by atoms with Crippen molar-refractivity contribution in [3.8, 4) is 0 Å². The number of aromatic nitrogens is 2. The number of benzene rings is 1. The maximum atomic E-state index is 12.8. The number of hydrogen-bond acceptors (Lipinski definition) is 2. The van der Waals surface area contributed by atoms with Crippen molar-refractivity contribution in [2.75, 3.05) is 7.05 Å². The number of aromatic amines is 1. The molecule has 0 radical (unpaired) electrons. The normalized spacial score (nSPS) is 17.4. The van der Waals surface area contributed by atoms with Gasteiger partial charge in [-0.05, 0) is 44.2 Å². The number of fused-ring (bicyclic) bond motifs is 1. The molecule has 1 aliphatic carbocycles. The average molecular weight is 283 g/mol. The fourth-order valence-corrected chi connectivity index (χ4v) is 3.31. The first-order valence-corrected chi connectivity index (χ1v) is 7.46. The van der Waals surface area contributed by atoms with E-state index in [9.17, 15) is 4.79 Å². The molecule has 4 nitrogen and oxygen atoms in total. The van der Waals surface area contributed by atoms with E-state index in [0.717, 1.165) is 30.7 Å².